The molecule has 2 rings (SSSR count). The van der Waals surface area contributed by atoms with E-state index in [1.54, 1.807) is 6.07 Å². The molecule has 39 heavy (non-hydrogen) atoms. The first-order valence-corrected chi connectivity index (χ1v) is 14.3. The Labute approximate surface area is 243 Å². The Morgan fingerprint density at radius 3 is 1.15 bits per heavy atom. The van der Waals surface area contributed by atoms with Gasteiger partial charge in [0.15, 0.2) is 5.82 Å². The number of hydrogen-bond acceptors (Lipinski definition) is 6. The van der Waals surface area contributed by atoms with Crippen molar-refractivity contribution >= 4 is 30.9 Å². The van der Waals surface area contributed by atoms with Crippen LogP contribution in [0, 0.1) is 37.0 Å². The number of pyridine rings is 2. The molecular formula is C31H66N8. The van der Waals surface area contributed by atoms with E-state index in [1.807, 2.05) is 136 Å². The lowest BCUT2D eigenvalue weighted by molar-refractivity contribution is 1.14. The Bertz CT molecular complexity index is 743. The summed E-state index contributed by atoms with van der Waals surface area (Å²) >= 11 is 0. The average molecular weight is 551 g/mol. The molecule has 0 aliphatic carbocycles. The first-order valence-electron chi connectivity index (χ1n) is 14.3. The van der Waals surface area contributed by atoms with E-state index in [0.29, 0.717) is 11.5 Å². The molecule has 0 fully saturated rings. The average Bonchev–Trinajstić information content (AvgIpc) is 3.03. The van der Waals surface area contributed by atoms with Gasteiger partial charge in [-0.15, -0.1) is 0 Å². The third-order valence-corrected chi connectivity index (χ3v) is 2.96. The topological polar surface area (TPSA) is 162 Å². The molecule has 0 saturated carbocycles. The smallest absolute Gasteiger partial charge is 0.157 e. The molecule has 0 amide bonds. The highest BCUT2D eigenvalue weighted by atomic mass is 14.9. The predicted octanol–water partition coefficient (Wildman–Crippen LogP) is 9.44. The van der Waals surface area contributed by atoms with Crippen LogP contribution in [-0.4, -0.2) is 35.1 Å². The molecule has 2 aromatic heterocycles. The van der Waals surface area contributed by atoms with Crippen molar-refractivity contribution in [3.63, 3.8) is 0 Å². The maximum Gasteiger partial charge on any atom is 0.157 e. The molecule has 0 radical (unpaired) electrons. The van der Waals surface area contributed by atoms with Crippen molar-refractivity contribution in [1.29, 1.82) is 16.2 Å². The first kappa shape index (κ1) is 55.9. The van der Waals surface area contributed by atoms with Crippen LogP contribution < -0.4 is 11.5 Å². The van der Waals surface area contributed by atoms with E-state index in [2.05, 4.69) is 20.7 Å². The maximum atomic E-state index is 6.97. The minimum absolute atomic E-state index is 0.568. The largest absolute Gasteiger partial charge is 0.390 e. The van der Waals surface area contributed by atoms with E-state index in [1.165, 1.54) is 24.3 Å². The van der Waals surface area contributed by atoms with Crippen LogP contribution in [0.15, 0.2) is 29.3 Å². The molecule has 8 heteroatoms. The molecule has 2 heterocycles. The normalized spacial score (nSPS) is 7.00. The summed E-state index contributed by atoms with van der Waals surface area (Å²) in [6.45, 7) is 33.8. The van der Waals surface area contributed by atoms with E-state index in [-0.39, 0.29) is 0 Å². The van der Waals surface area contributed by atoms with Crippen molar-refractivity contribution in [2.24, 2.45) is 16.5 Å². The van der Waals surface area contributed by atoms with Crippen molar-refractivity contribution in [3.05, 3.63) is 52.5 Å². The van der Waals surface area contributed by atoms with Gasteiger partial charge in [-0.1, -0.05) is 109 Å². The quantitative estimate of drug-likeness (QED) is 0.190. The molecular weight excluding hydrogens is 484 g/mol. The van der Waals surface area contributed by atoms with Gasteiger partial charge in [0.1, 0.15) is 0 Å². The lowest BCUT2D eigenvalue weighted by Crippen LogP contribution is -1.92. The van der Waals surface area contributed by atoms with Crippen LogP contribution in [0.3, 0.4) is 0 Å². The SMILES string of the molecule is CC.CC.CC.CC.CC.CC.CC.Cc1ccc(C=N)nc1C.Cc1ccc(C=N)nc1N=CN.N=CN. The minimum Gasteiger partial charge on any atom is -0.390 e. The summed E-state index contributed by atoms with van der Waals surface area (Å²) in [5, 5.41) is 19.8. The van der Waals surface area contributed by atoms with Gasteiger partial charge in [0, 0.05) is 18.1 Å². The number of nitrogens with two attached hydrogens (primary N) is 2. The second-order valence-corrected chi connectivity index (χ2v) is 4.75. The maximum absolute atomic E-state index is 6.97. The van der Waals surface area contributed by atoms with Crippen LogP contribution in [0.2, 0.25) is 0 Å². The second-order valence-electron chi connectivity index (χ2n) is 4.75. The zero-order valence-electron chi connectivity index (χ0n) is 28.6. The molecule has 7 N–H and O–H groups in total. The summed E-state index contributed by atoms with van der Waals surface area (Å²) in [4.78, 5) is 12.1. The Morgan fingerprint density at radius 2 is 0.872 bits per heavy atom. The summed E-state index contributed by atoms with van der Waals surface area (Å²) in [5.41, 5.74) is 13.9. The molecule has 8 nitrogen and oxygen atoms in total. The number of nitrogens with one attached hydrogen (secondary N) is 3. The Hall–Kier alpha value is -3.42. The van der Waals surface area contributed by atoms with E-state index in [9.17, 15) is 0 Å². The molecule has 0 aromatic carbocycles. The number of aromatic nitrogens is 2. The van der Waals surface area contributed by atoms with Crippen LogP contribution in [-0.2, 0) is 0 Å². The summed E-state index contributed by atoms with van der Waals surface area (Å²) in [6, 6.07) is 7.44. The molecule has 0 unspecified atom stereocenters. The van der Waals surface area contributed by atoms with E-state index in [0.717, 1.165) is 23.3 Å². The van der Waals surface area contributed by atoms with Crippen molar-refractivity contribution in [3.8, 4) is 0 Å². The summed E-state index contributed by atoms with van der Waals surface area (Å²) < 4.78 is 0. The molecule has 0 aliphatic rings. The number of aliphatic imine (C=N–C) groups is 1. The van der Waals surface area contributed by atoms with Gasteiger partial charge in [-0.25, -0.2) is 9.98 Å². The third kappa shape index (κ3) is 41.9. The number of aryl methyl sites for hydroxylation is 3. The molecule has 0 spiro atoms. The van der Waals surface area contributed by atoms with E-state index in [4.69, 9.17) is 22.0 Å². The standard InChI is InChI=1S/C8H10N4.C8H10N2.7C2H6.CH4N2/c1-6-2-3-7(4-9)12-8(6)11-5-10;1-6-3-4-8(5-9)10-7(6)2;7*1-2;2-1-3/h2-5,9H,1H3,(H2,10,11,12);3-5,9H,1-2H3;7*1-2H3;1H,(H3,2,3). The highest BCUT2D eigenvalue weighted by molar-refractivity contribution is 5.75. The minimum atomic E-state index is 0.568. The lowest BCUT2D eigenvalue weighted by atomic mass is 10.2. The fourth-order valence-electron chi connectivity index (χ4n) is 1.54. The van der Waals surface area contributed by atoms with Gasteiger partial charge in [-0.05, 0) is 44.0 Å². The first-order chi connectivity index (χ1) is 18.9. The van der Waals surface area contributed by atoms with Gasteiger partial charge in [0.2, 0.25) is 0 Å². The second kappa shape index (κ2) is 59.6. The predicted molar refractivity (Wildman–Crippen MR) is 183 cm³/mol. The van der Waals surface area contributed by atoms with Gasteiger partial charge >= 0.3 is 0 Å². The molecule has 0 bridgehead atoms. The van der Waals surface area contributed by atoms with Gasteiger partial charge < -0.3 is 22.3 Å². The van der Waals surface area contributed by atoms with Crippen molar-refractivity contribution < 1.29 is 0 Å². The third-order valence-electron chi connectivity index (χ3n) is 2.96. The molecule has 0 saturated heterocycles. The van der Waals surface area contributed by atoms with Crippen LogP contribution in [0.5, 0.6) is 0 Å². The van der Waals surface area contributed by atoms with Gasteiger partial charge in [-0.2, -0.15) is 0 Å². The molecule has 230 valence electrons. The van der Waals surface area contributed by atoms with Crippen LogP contribution in [0.4, 0.5) is 5.82 Å². The fourth-order valence-corrected chi connectivity index (χ4v) is 1.54. The lowest BCUT2D eigenvalue weighted by Gasteiger charge is -1.98. The number of hydrogen-bond donors (Lipinski definition) is 5. The Balaban J connectivity index is -0.0000000534. The van der Waals surface area contributed by atoms with E-state index < -0.39 is 0 Å². The number of rotatable bonds is 3. The van der Waals surface area contributed by atoms with Gasteiger partial charge in [0.05, 0.1) is 24.1 Å². The monoisotopic (exact) mass is 551 g/mol. The zero-order chi connectivity index (χ0) is 33.2. The molecule has 0 atom stereocenters. The van der Waals surface area contributed by atoms with Crippen molar-refractivity contribution in [2.45, 2.75) is 118 Å². The van der Waals surface area contributed by atoms with Gasteiger partial charge in [0.25, 0.3) is 0 Å². The van der Waals surface area contributed by atoms with Crippen LogP contribution in [0.25, 0.3) is 0 Å². The Morgan fingerprint density at radius 1 is 0.564 bits per heavy atom. The van der Waals surface area contributed by atoms with Crippen molar-refractivity contribution in [2.75, 3.05) is 0 Å². The van der Waals surface area contributed by atoms with Crippen LogP contribution >= 0.6 is 0 Å². The van der Waals surface area contributed by atoms with Gasteiger partial charge in [-0.3, -0.25) is 10.4 Å². The highest BCUT2D eigenvalue weighted by Gasteiger charge is 1.97. The highest BCUT2D eigenvalue weighted by Crippen LogP contribution is 2.13. The number of nitrogens with zero attached hydrogens (tertiary/aromatic N) is 3. The summed E-state index contributed by atoms with van der Waals surface area (Å²) in [7, 11) is 0. The van der Waals surface area contributed by atoms with E-state index >= 15 is 0 Å². The Kier molecular flexibility index (Phi) is 85.5. The van der Waals surface area contributed by atoms with Crippen molar-refractivity contribution in [1.82, 2.24) is 9.97 Å². The molecule has 0 aliphatic heterocycles. The van der Waals surface area contributed by atoms with Crippen LogP contribution in [0.1, 0.15) is 125 Å². The molecule has 2 aromatic rings. The zero-order valence-corrected chi connectivity index (χ0v) is 28.6. The summed E-state index contributed by atoms with van der Waals surface area (Å²) in [6.07, 6.45) is 4.38. The summed E-state index contributed by atoms with van der Waals surface area (Å²) in [5.74, 6) is 0.568. The fraction of sp³-hybridized carbons (Fsp3) is 0.548.